The number of hydrogen-bond donors (Lipinski definition) is 3. The largest absolute Gasteiger partial charge is 0.383 e. The number of pyridine rings is 1. The van der Waals surface area contributed by atoms with Gasteiger partial charge in [-0.05, 0) is 35.8 Å². The number of aromatic nitrogens is 1. The lowest BCUT2D eigenvalue weighted by Crippen LogP contribution is -2.44. The summed E-state index contributed by atoms with van der Waals surface area (Å²) < 4.78 is 0.646. The first-order valence-corrected chi connectivity index (χ1v) is 6.24. The van der Waals surface area contributed by atoms with E-state index < -0.39 is 11.9 Å². The molecule has 1 rings (SSSR count). The summed E-state index contributed by atoms with van der Waals surface area (Å²) in [6.07, 6.45) is 1.50. The molecule has 1 unspecified atom stereocenters. The van der Waals surface area contributed by atoms with Crippen LogP contribution < -0.4 is 16.4 Å². The molecule has 1 heterocycles. The zero-order valence-corrected chi connectivity index (χ0v) is 11.7. The van der Waals surface area contributed by atoms with Gasteiger partial charge in [-0.25, -0.2) is 4.98 Å². The summed E-state index contributed by atoms with van der Waals surface area (Å²) in [6.45, 7) is 3.92. The molecule has 0 bridgehead atoms. The Morgan fingerprint density at radius 3 is 2.83 bits per heavy atom. The van der Waals surface area contributed by atoms with E-state index in [0.29, 0.717) is 11.0 Å². The fraction of sp³-hybridized carbons (Fsp3) is 0.364. The molecule has 0 aliphatic carbocycles. The number of anilines is 1. The third-order valence-corrected chi connectivity index (χ3v) is 2.66. The van der Waals surface area contributed by atoms with Crippen LogP contribution in [0.25, 0.3) is 0 Å². The van der Waals surface area contributed by atoms with Crippen LogP contribution in [0.3, 0.4) is 0 Å². The van der Waals surface area contributed by atoms with E-state index >= 15 is 0 Å². The van der Waals surface area contributed by atoms with Gasteiger partial charge in [-0.1, -0.05) is 0 Å². The Bertz CT molecular complexity index is 464. The molecular formula is C11H15BrN4O2. The van der Waals surface area contributed by atoms with Crippen molar-refractivity contribution in [1.29, 1.82) is 0 Å². The predicted octanol–water partition coefficient (Wildman–Crippen LogP) is 0.681. The molecule has 18 heavy (non-hydrogen) atoms. The number of hydrogen-bond acceptors (Lipinski definition) is 4. The van der Waals surface area contributed by atoms with Gasteiger partial charge in [0.2, 0.25) is 5.91 Å². The highest BCUT2D eigenvalue weighted by atomic mass is 79.9. The van der Waals surface area contributed by atoms with Gasteiger partial charge < -0.3 is 16.4 Å². The molecule has 0 radical (unpaired) electrons. The topological polar surface area (TPSA) is 97.1 Å². The maximum atomic E-state index is 11.9. The molecule has 1 atom stereocenters. The van der Waals surface area contributed by atoms with Crippen LogP contribution in [-0.2, 0) is 4.79 Å². The molecule has 4 N–H and O–H groups in total. The second-order valence-corrected chi connectivity index (χ2v) is 4.59. The predicted molar refractivity (Wildman–Crippen MR) is 72.0 cm³/mol. The van der Waals surface area contributed by atoms with E-state index in [4.69, 9.17) is 5.73 Å². The Balaban J connectivity index is 2.76. The zero-order chi connectivity index (χ0) is 13.7. The van der Waals surface area contributed by atoms with Crippen molar-refractivity contribution in [3.05, 3.63) is 22.3 Å². The maximum Gasteiger partial charge on any atom is 0.255 e. The highest BCUT2D eigenvalue weighted by Crippen LogP contribution is 2.15. The van der Waals surface area contributed by atoms with Gasteiger partial charge in [0, 0.05) is 17.2 Å². The Morgan fingerprint density at radius 2 is 2.22 bits per heavy atom. The summed E-state index contributed by atoms with van der Waals surface area (Å²) >= 11 is 3.21. The quantitative estimate of drug-likeness (QED) is 0.761. The first kappa shape index (κ1) is 14.4. The molecule has 6 nitrogen and oxygen atoms in total. The lowest BCUT2D eigenvalue weighted by molar-refractivity contribution is -0.122. The fourth-order valence-corrected chi connectivity index (χ4v) is 1.63. The summed E-state index contributed by atoms with van der Waals surface area (Å²) in [7, 11) is 0. The molecule has 7 heteroatoms. The van der Waals surface area contributed by atoms with Gasteiger partial charge in [0.15, 0.2) is 0 Å². The van der Waals surface area contributed by atoms with Crippen LogP contribution in [0.15, 0.2) is 16.7 Å². The van der Waals surface area contributed by atoms with E-state index in [1.807, 2.05) is 6.92 Å². The average Bonchev–Trinajstić information content (AvgIpc) is 2.32. The van der Waals surface area contributed by atoms with Crippen molar-refractivity contribution < 1.29 is 9.59 Å². The van der Waals surface area contributed by atoms with Gasteiger partial charge >= 0.3 is 0 Å². The average molecular weight is 315 g/mol. The smallest absolute Gasteiger partial charge is 0.255 e. The van der Waals surface area contributed by atoms with Gasteiger partial charge in [-0.3, -0.25) is 9.59 Å². The van der Waals surface area contributed by atoms with E-state index in [2.05, 4.69) is 31.5 Å². The molecule has 0 fully saturated rings. The number of nitrogen functional groups attached to an aromatic ring is 1. The third-order valence-electron chi connectivity index (χ3n) is 2.22. The highest BCUT2D eigenvalue weighted by molar-refractivity contribution is 9.10. The summed E-state index contributed by atoms with van der Waals surface area (Å²) in [5.74, 6) is -0.550. The Kier molecular flexibility index (Phi) is 5.08. The van der Waals surface area contributed by atoms with Gasteiger partial charge in [0.1, 0.15) is 11.9 Å². The molecule has 0 aliphatic heterocycles. The number of rotatable bonds is 4. The van der Waals surface area contributed by atoms with Crippen LogP contribution in [0.1, 0.15) is 24.2 Å². The Morgan fingerprint density at radius 1 is 1.56 bits per heavy atom. The minimum Gasteiger partial charge on any atom is -0.383 e. The molecule has 0 aliphatic rings. The second kappa shape index (κ2) is 6.34. The van der Waals surface area contributed by atoms with Gasteiger partial charge in [-0.15, -0.1) is 0 Å². The molecule has 1 aromatic rings. The molecule has 0 saturated carbocycles. The van der Waals surface area contributed by atoms with Crippen LogP contribution in [0, 0.1) is 0 Å². The normalized spacial score (nSPS) is 11.7. The number of likely N-dealkylation sites (N-methyl/N-ethyl adjacent to an activating group) is 1. The highest BCUT2D eigenvalue weighted by Gasteiger charge is 2.18. The van der Waals surface area contributed by atoms with Crippen LogP contribution in [0.5, 0.6) is 0 Å². The van der Waals surface area contributed by atoms with Crippen LogP contribution in [0.4, 0.5) is 5.82 Å². The number of nitrogens with two attached hydrogens (primary N) is 1. The van der Waals surface area contributed by atoms with Crippen molar-refractivity contribution in [1.82, 2.24) is 15.6 Å². The van der Waals surface area contributed by atoms with Crippen molar-refractivity contribution >= 4 is 33.6 Å². The van der Waals surface area contributed by atoms with E-state index in [-0.39, 0.29) is 17.3 Å². The first-order chi connectivity index (χ1) is 8.45. The maximum absolute atomic E-state index is 11.9. The van der Waals surface area contributed by atoms with E-state index in [0.717, 1.165) is 0 Å². The summed E-state index contributed by atoms with van der Waals surface area (Å²) in [4.78, 5) is 27.2. The number of nitrogens with zero attached hydrogens (tertiary/aromatic N) is 1. The van der Waals surface area contributed by atoms with Crippen molar-refractivity contribution in [2.45, 2.75) is 19.9 Å². The number of amides is 2. The van der Waals surface area contributed by atoms with Gasteiger partial charge in [-0.2, -0.15) is 0 Å². The number of nitrogens with one attached hydrogen (secondary N) is 2. The van der Waals surface area contributed by atoms with Crippen molar-refractivity contribution in [2.75, 3.05) is 12.3 Å². The lowest BCUT2D eigenvalue weighted by atomic mass is 10.2. The van der Waals surface area contributed by atoms with Crippen molar-refractivity contribution in [2.24, 2.45) is 0 Å². The lowest BCUT2D eigenvalue weighted by Gasteiger charge is -2.14. The molecule has 98 valence electrons. The summed E-state index contributed by atoms with van der Waals surface area (Å²) in [6, 6.07) is 0.929. The van der Waals surface area contributed by atoms with E-state index in [1.165, 1.54) is 6.20 Å². The molecule has 0 aromatic carbocycles. The fourth-order valence-electron chi connectivity index (χ4n) is 1.30. The minimum atomic E-state index is -0.629. The zero-order valence-electron chi connectivity index (χ0n) is 10.2. The second-order valence-electron chi connectivity index (χ2n) is 3.68. The molecule has 2 amide bonds. The molecular weight excluding hydrogens is 300 g/mol. The number of carbonyl (C=O) groups excluding carboxylic acids is 2. The molecule has 1 aromatic heterocycles. The van der Waals surface area contributed by atoms with E-state index in [9.17, 15) is 9.59 Å². The monoisotopic (exact) mass is 314 g/mol. The van der Waals surface area contributed by atoms with Crippen LogP contribution in [-0.4, -0.2) is 29.4 Å². The standard InChI is InChI=1S/C11H15BrN4O2/c1-3-14-10(17)6(2)16-11(18)8-4-7(12)5-15-9(8)13/h4-6H,3H2,1-2H3,(H2,13,15)(H,14,17)(H,16,18). The minimum absolute atomic E-state index is 0.124. The molecule has 0 spiro atoms. The Labute approximate surface area is 113 Å². The first-order valence-electron chi connectivity index (χ1n) is 5.45. The van der Waals surface area contributed by atoms with Gasteiger partial charge in [0.25, 0.3) is 5.91 Å². The number of carbonyl (C=O) groups is 2. The summed E-state index contributed by atoms with van der Waals surface area (Å²) in [5.41, 5.74) is 5.84. The molecule has 0 saturated heterocycles. The SMILES string of the molecule is CCNC(=O)C(C)NC(=O)c1cc(Br)cnc1N. The van der Waals surface area contributed by atoms with E-state index in [1.54, 1.807) is 13.0 Å². The van der Waals surface area contributed by atoms with Crippen molar-refractivity contribution in [3.8, 4) is 0 Å². The van der Waals surface area contributed by atoms with Crippen LogP contribution >= 0.6 is 15.9 Å². The summed E-state index contributed by atoms with van der Waals surface area (Å²) in [5, 5.41) is 5.18. The number of halogens is 1. The third kappa shape index (κ3) is 3.69. The van der Waals surface area contributed by atoms with Gasteiger partial charge in [0.05, 0.1) is 5.56 Å². The van der Waals surface area contributed by atoms with Crippen LogP contribution in [0.2, 0.25) is 0 Å². The van der Waals surface area contributed by atoms with Crippen molar-refractivity contribution in [3.63, 3.8) is 0 Å². The Hall–Kier alpha value is -1.63.